The van der Waals surface area contributed by atoms with E-state index in [0.717, 1.165) is 22.7 Å². The second kappa shape index (κ2) is 7.72. The molecule has 1 N–H and O–H groups in total. The van der Waals surface area contributed by atoms with Crippen molar-refractivity contribution in [3.05, 3.63) is 46.2 Å². The van der Waals surface area contributed by atoms with Crippen LogP contribution in [0.2, 0.25) is 0 Å². The summed E-state index contributed by atoms with van der Waals surface area (Å²) in [5.41, 5.74) is 2.06. The minimum atomic E-state index is -0.135. The molecule has 0 saturated carbocycles. The molecule has 1 fully saturated rings. The minimum absolute atomic E-state index is 0.0103. The summed E-state index contributed by atoms with van der Waals surface area (Å²) in [4.78, 5) is 23.0. The molecule has 3 heterocycles. The highest BCUT2D eigenvalue weighted by Gasteiger charge is 2.28. The first-order valence-electron chi connectivity index (χ1n) is 8.16. The number of aromatic nitrogens is 2. The Morgan fingerprint density at radius 1 is 1.50 bits per heavy atom. The Morgan fingerprint density at radius 2 is 2.29 bits per heavy atom. The molecule has 2 aromatic heterocycles. The number of pyridine rings is 1. The fraction of sp³-hybridized carbons (Fsp3) is 0.471. The van der Waals surface area contributed by atoms with Crippen LogP contribution in [0.3, 0.4) is 0 Å². The predicted octanol–water partition coefficient (Wildman–Crippen LogP) is 3.08. The third-order valence-corrected chi connectivity index (χ3v) is 5.13. The third-order valence-electron chi connectivity index (χ3n) is 4.08. The molecule has 0 aromatic carbocycles. The van der Waals surface area contributed by atoms with Gasteiger partial charge in [-0.1, -0.05) is 6.92 Å². The molecular formula is C17H22N4O2S. The van der Waals surface area contributed by atoms with Crippen LogP contribution in [0.1, 0.15) is 41.8 Å². The Hall–Kier alpha value is -1.99. The molecule has 1 saturated heterocycles. The van der Waals surface area contributed by atoms with Gasteiger partial charge in [0.2, 0.25) is 0 Å². The molecule has 24 heavy (non-hydrogen) atoms. The molecule has 1 aliphatic heterocycles. The lowest BCUT2D eigenvalue weighted by Crippen LogP contribution is -2.48. The Morgan fingerprint density at radius 3 is 2.96 bits per heavy atom. The largest absolute Gasteiger partial charge is 0.367 e. The maximum absolute atomic E-state index is 12.6. The van der Waals surface area contributed by atoms with Crippen LogP contribution in [0.5, 0.6) is 0 Å². The molecule has 0 bridgehead atoms. The van der Waals surface area contributed by atoms with Gasteiger partial charge in [0.15, 0.2) is 0 Å². The summed E-state index contributed by atoms with van der Waals surface area (Å²) in [5.74, 6) is 0. The first kappa shape index (κ1) is 16.9. The van der Waals surface area contributed by atoms with Crippen molar-refractivity contribution in [3.63, 3.8) is 0 Å². The molecule has 6 nitrogen and oxygen atoms in total. The van der Waals surface area contributed by atoms with Gasteiger partial charge in [-0.15, -0.1) is 11.3 Å². The standard InChI is InChI=1S/C17H22N4O2S/c1-3-14(13-4-6-18-7-5-13)20-17(22)21-8-9-23-15(10-21)16-19-12(2)11-24-16/h4-7,11,14-15H,3,8-10H2,1-2H3,(H,20,22). The van der Waals surface area contributed by atoms with Gasteiger partial charge in [0.1, 0.15) is 11.1 Å². The maximum Gasteiger partial charge on any atom is 0.318 e. The fourth-order valence-corrected chi connectivity index (χ4v) is 3.60. The van der Waals surface area contributed by atoms with Crippen molar-refractivity contribution in [1.29, 1.82) is 0 Å². The molecule has 128 valence electrons. The second-order valence-electron chi connectivity index (χ2n) is 5.82. The van der Waals surface area contributed by atoms with E-state index >= 15 is 0 Å². The summed E-state index contributed by atoms with van der Waals surface area (Å²) in [5, 5.41) is 6.06. The van der Waals surface area contributed by atoms with Crippen molar-refractivity contribution in [3.8, 4) is 0 Å². The van der Waals surface area contributed by atoms with E-state index in [9.17, 15) is 4.79 Å². The number of hydrogen-bond acceptors (Lipinski definition) is 5. The number of nitrogens with zero attached hydrogens (tertiary/aromatic N) is 3. The fourth-order valence-electron chi connectivity index (χ4n) is 2.76. The van der Waals surface area contributed by atoms with Crippen LogP contribution in [-0.4, -0.2) is 40.6 Å². The predicted molar refractivity (Wildman–Crippen MR) is 92.9 cm³/mol. The lowest BCUT2D eigenvalue weighted by Gasteiger charge is -2.33. The summed E-state index contributed by atoms with van der Waals surface area (Å²) in [7, 11) is 0. The molecule has 7 heteroatoms. The van der Waals surface area contributed by atoms with Crippen LogP contribution < -0.4 is 5.32 Å². The first-order valence-corrected chi connectivity index (χ1v) is 9.04. The highest BCUT2D eigenvalue weighted by atomic mass is 32.1. The molecule has 1 aliphatic rings. The van der Waals surface area contributed by atoms with Gasteiger partial charge < -0.3 is 15.0 Å². The number of hydrogen-bond donors (Lipinski definition) is 1. The highest BCUT2D eigenvalue weighted by Crippen LogP contribution is 2.25. The summed E-state index contributed by atoms with van der Waals surface area (Å²) in [6, 6.07) is 3.81. The van der Waals surface area contributed by atoms with Crippen LogP contribution in [0.25, 0.3) is 0 Å². The Labute approximate surface area is 145 Å². The van der Waals surface area contributed by atoms with E-state index in [1.165, 1.54) is 0 Å². The summed E-state index contributed by atoms with van der Waals surface area (Å²) in [6.45, 7) is 5.69. The summed E-state index contributed by atoms with van der Waals surface area (Å²) < 4.78 is 5.79. The SMILES string of the molecule is CCC(NC(=O)N1CCOC(c2nc(C)cs2)C1)c1ccncc1. The molecule has 0 radical (unpaired) electrons. The number of ether oxygens (including phenoxy) is 1. The first-order chi connectivity index (χ1) is 11.7. The van der Waals surface area contributed by atoms with Gasteiger partial charge in [-0.05, 0) is 31.0 Å². The maximum atomic E-state index is 12.6. The van der Waals surface area contributed by atoms with Crippen molar-refractivity contribution in [2.45, 2.75) is 32.4 Å². The van der Waals surface area contributed by atoms with E-state index in [1.54, 1.807) is 23.7 Å². The monoisotopic (exact) mass is 346 g/mol. The van der Waals surface area contributed by atoms with Gasteiger partial charge in [-0.25, -0.2) is 9.78 Å². The summed E-state index contributed by atoms with van der Waals surface area (Å²) >= 11 is 1.58. The van der Waals surface area contributed by atoms with Gasteiger partial charge in [-0.3, -0.25) is 4.98 Å². The van der Waals surface area contributed by atoms with E-state index in [0.29, 0.717) is 19.7 Å². The van der Waals surface area contributed by atoms with Gasteiger partial charge >= 0.3 is 6.03 Å². The molecule has 0 spiro atoms. The molecular weight excluding hydrogens is 324 g/mol. The topological polar surface area (TPSA) is 67.4 Å². The average molecular weight is 346 g/mol. The molecule has 0 aliphatic carbocycles. The second-order valence-corrected chi connectivity index (χ2v) is 6.71. The van der Waals surface area contributed by atoms with Gasteiger partial charge in [0, 0.05) is 30.0 Å². The number of urea groups is 1. The lowest BCUT2D eigenvalue weighted by molar-refractivity contribution is -0.0159. The van der Waals surface area contributed by atoms with Crippen molar-refractivity contribution >= 4 is 17.4 Å². The number of morpholine rings is 1. The zero-order chi connectivity index (χ0) is 16.9. The van der Waals surface area contributed by atoms with Crippen LogP contribution in [0.15, 0.2) is 29.9 Å². The van der Waals surface area contributed by atoms with E-state index in [4.69, 9.17) is 4.74 Å². The third kappa shape index (κ3) is 3.91. The minimum Gasteiger partial charge on any atom is -0.367 e. The molecule has 2 unspecified atom stereocenters. The number of carbonyl (C=O) groups is 1. The van der Waals surface area contributed by atoms with E-state index in [2.05, 4.69) is 22.2 Å². The number of rotatable bonds is 4. The Kier molecular flexibility index (Phi) is 5.42. The normalized spacial score (nSPS) is 19.1. The Bertz CT molecular complexity index is 676. The van der Waals surface area contributed by atoms with Crippen LogP contribution in [-0.2, 0) is 4.74 Å². The number of amides is 2. The van der Waals surface area contributed by atoms with Crippen molar-refractivity contribution < 1.29 is 9.53 Å². The number of thiazole rings is 1. The van der Waals surface area contributed by atoms with Crippen molar-refractivity contribution in [1.82, 2.24) is 20.2 Å². The smallest absolute Gasteiger partial charge is 0.318 e. The zero-order valence-electron chi connectivity index (χ0n) is 13.9. The molecule has 3 rings (SSSR count). The number of aryl methyl sites for hydroxylation is 1. The van der Waals surface area contributed by atoms with Gasteiger partial charge in [-0.2, -0.15) is 0 Å². The number of carbonyl (C=O) groups excluding carboxylic acids is 1. The highest BCUT2D eigenvalue weighted by molar-refractivity contribution is 7.09. The van der Waals surface area contributed by atoms with Crippen LogP contribution in [0, 0.1) is 6.92 Å². The van der Waals surface area contributed by atoms with Crippen LogP contribution in [0.4, 0.5) is 4.79 Å². The van der Waals surface area contributed by atoms with Crippen molar-refractivity contribution in [2.75, 3.05) is 19.7 Å². The quantitative estimate of drug-likeness (QED) is 0.924. The molecule has 2 amide bonds. The van der Waals surface area contributed by atoms with Crippen LogP contribution >= 0.6 is 11.3 Å². The molecule has 2 aromatic rings. The number of nitrogens with one attached hydrogen (secondary N) is 1. The van der Waals surface area contributed by atoms with Crippen molar-refractivity contribution in [2.24, 2.45) is 0 Å². The molecule has 2 atom stereocenters. The zero-order valence-corrected chi connectivity index (χ0v) is 14.8. The van der Waals surface area contributed by atoms with E-state index in [-0.39, 0.29) is 18.2 Å². The van der Waals surface area contributed by atoms with E-state index in [1.807, 2.05) is 29.3 Å². The Balaban J connectivity index is 1.63. The van der Waals surface area contributed by atoms with Gasteiger partial charge in [0.05, 0.1) is 19.2 Å². The average Bonchev–Trinajstić information content (AvgIpc) is 3.07. The summed E-state index contributed by atoms with van der Waals surface area (Å²) in [6.07, 6.45) is 4.19. The van der Waals surface area contributed by atoms with E-state index < -0.39 is 0 Å². The lowest BCUT2D eigenvalue weighted by atomic mass is 10.1. The van der Waals surface area contributed by atoms with Gasteiger partial charge in [0.25, 0.3) is 0 Å².